The van der Waals surface area contributed by atoms with Gasteiger partial charge in [-0.2, -0.15) is 5.10 Å². The topological polar surface area (TPSA) is 117 Å². The molecular weight excluding hydrogens is 463 g/mol. The third-order valence-electron chi connectivity index (χ3n) is 7.35. The van der Waals surface area contributed by atoms with Crippen LogP contribution in [0.5, 0.6) is 5.75 Å². The first-order valence-corrected chi connectivity index (χ1v) is 12.2. The highest BCUT2D eigenvalue weighted by molar-refractivity contribution is 5.87. The van der Waals surface area contributed by atoms with Gasteiger partial charge in [0.2, 0.25) is 0 Å². The standard InChI is InChI=1S/C26H28FN6O3/c1-2-14-10-23(34)18(27)11-17(14)15-5-6-16-19(9-15)30-31-24(16)25-29-21-13-28-20(26(35)36)12-22(21)33(25)32-7-3-4-8-32/h3,5-6,9-11,20,25,28-29,34H,2,4,7-8,12-13H2,1H3,(H,30,31)(H,35,36)/t20-,25-/m1/s1. The molecule has 1 saturated heterocycles. The SMILES string of the molecule is CCc1cc(O)c(F)cc1-c1ccc2c([C@@H]3NC4=C(C[C@H](C(=O)O)NC4)N3N3C[CH]CC3)n[nH]c2c1. The van der Waals surface area contributed by atoms with Gasteiger partial charge in [-0.15, -0.1) is 0 Å². The van der Waals surface area contributed by atoms with Crippen LogP contribution in [0.1, 0.15) is 37.2 Å². The molecule has 0 saturated carbocycles. The van der Waals surface area contributed by atoms with Crippen LogP contribution >= 0.6 is 0 Å². The molecule has 1 radical (unpaired) electrons. The number of aliphatic carboxylic acids is 1. The number of nitrogens with one attached hydrogen (secondary N) is 3. The summed E-state index contributed by atoms with van der Waals surface area (Å²) in [5.74, 6) is -1.85. The van der Waals surface area contributed by atoms with E-state index in [-0.39, 0.29) is 11.9 Å². The number of hydrogen-bond donors (Lipinski definition) is 5. The number of fused-ring (bicyclic) bond motifs is 1. The quantitative estimate of drug-likeness (QED) is 0.370. The third-order valence-corrected chi connectivity index (χ3v) is 7.35. The normalized spacial score (nSPS) is 22.3. The molecule has 0 unspecified atom stereocenters. The van der Waals surface area contributed by atoms with Crippen molar-refractivity contribution in [1.82, 2.24) is 30.8 Å². The van der Waals surface area contributed by atoms with E-state index in [1.807, 2.05) is 25.1 Å². The zero-order chi connectivity index (χ0) is 25.0. The van der Waals surface area contributed by atoms with Gasteiger partial charge in [0.15, 0.2) is 17.7 Å². The highest BCUT2D eigenvalue weighted by atomic mass is 19.1. The van der Waals surface area contributed by atoms with Crippen LogP contribution in [0.15, 0.2) is 41.7 Å². The van der Waals surface area contributed by atoms with Crippen LogP contribution in [0.25, 0.3) is 22.0 Å². The maximum atomic E-state index is 14.2. The highest BCUT2D eigenvalue weighted by Crippen LogP contribution is 2.40. The van der Waals surface area contributed by atoms with Gasteiger partial charge in [-0.3, -0.25) is 20.2 Å². The molecule has 9 nitrogen and oxygen atoms in total. The molecule has 3 aliphatic heterocycles. The maximum absolute atomic E-state index is 14.2. The summed E-state index contributed by atoms with van der Waals surface area (Å²) >= 11 is 0. The minimum Gasteiger partial charge on any atom is -0.505 e. The number of hydrogen-bond acceptors (Lipinski definition) is 7. The second-order valence-corrected chi connectivity index (χ2v) is 9.47. The number of aromatic nitrogens is 2. The molecule has 36 heavy (non-hydrogen) atoms. The van der Waals surface area contributed by atoms with Crippen molar-refractivity contribution in [3.63, 3.8) is 0 Å². The molecule has 187 valence electrons. The number of hydrazine groups is 1. The van der Waals surface area contributed by atoms with E-state index >= 15 is 0 Å². The van der Waals surface area contributed by atoms with Gasteiger partial charge in [0.25, 0.3) is 0 Å². The van der Waals surface area contributed by atoms with Gasteiger partial charge in [0, 0.05) is 37.1 Å². The van der Waals surface area contributed by atoms with Crippen LogP contribution in [0, 0.1) is 12.2 Å². The minimum atomic E-state index is -0.854. The zero-order valence-corrected chi connectivity index (χ0v) is 19.9. The molecule has 0 aliphatic carbocycles. The Balaban J connectivity index is 1.38. The predicted molar refractivity (Wildman–Crippen MR) is 132 cm³/mol. The Labute approximate surface area is 207 Å². The van der Waals surface area contributed by atoms with Crippen molar-refractivity contribution in [2.75, 3.05) is 19.6 Å². The number of aromatic hydroxyl groups is 1. The van der Waals surface area contributed by atoms with Gasteiger partial charge in [0.1, 0.15) is 11.7 Å². The molecule has 2 atom stereocenters. The van der Waals surface area contributed by atoms with Crippen molar-refractivity contribution in [1.29, 1.82) is 0 Å². The fraction of sp³-hybridized carbons (Fsp3) is 0.346. The van der Waals surface area contributed by atoms with Crippen molar-refractivity contribution in [2.45, 2.75) is 38.4 Å². The number of rotatable bonds is 5. The molecule has 6 rings (SSSR count). The Kier molecular flexibility index (Phi) is 5.57. The Morgan fingerprint density at radius 2 is 2.14 bits per heavy atom. The summed E-state index contributed by atoms with van der Waals surface area (Å²) in [6.07, 6.45) is 3.98. The smallest absolute Gasteiger partial charge is 0.321 e. The summed E-state index contributed by atoms with van der Waals surface area (Å²) in [6.45, 7) is 4.07. The molecular formula is C26H28FN6O3. The number of aryl methyl sites for hydroxylation is 1. The lowest BCUT2D eigenvalue weighted by atomic mass is 9.96. The number of carboxylic acids is 1. The fourth-order valence-electron chi connectivity index (χ4n) is 5.51. The molecule has 3 aromatic rings. The lowest BCUT2D eigenvalue weighted by Gasteiger charge is -2.37. The Morgan fingerprint density at radius 1 is 1.28 bits per heavy atom. The summed E-state index contributed by atoms with van der Waals surface area (Å²) in [6, 6.07) is 8.12. The Morgan fingerprint density at radius 3 is 2.89 bits per heavy atom. The van der Waals surface area contributed by atoms with Crippen molar-refractivity contribution in [2.24, 2.45) is 0 Å². The van der Waals surface area contributed by atoms with Gasteiger partial charge < -0.3 is 15.5 Å². The van der Waals surface area contributed by atoms with Gasteiger partial charge >= 0.3 is 5.97 Å². The van der Waals surface area contributed by atoms with Crippen molar-refractivity contribution in [3.8, 4) is 16.9 Å². The van der Waals surface area contributed by atoms with E-state index in [2.05, 4.69) is 37.3 Å². The van der Waals surface area contributed by atoms with E-state index < -0.39 is 17.8 Å². The molecule has 5 N–H and O–H groups in total. The minimum absolute atomic E-state index is 0.271. The van der Waals surface area contributed by atoms with E-state index in [9.17, 15) is 19.4 Å². The lowest BCUT2D eigenvalue weighted by molar-refractivity contribution is -0.139. The summed E-state index contributed by atoms with van der Waals surface area (Å²) in [5, 5.41) is 39.3. The van der Waals surface area contributed by atoms with E-state index in [4.69, 9.17) is 0 Å². The molecule has 2 aromatic carbocycles. The summed E-state index contributed by atoms with van der Waals surface area (Å²) in [5.41, 5.74) is 6.05. The van der Waals surface area contributed by atoms with Gasteiger partial charge in [-0.1, -0.05) is 19.1 Å². The van der Waals surface area contributed by atoms with E-state index in [0.717, 1.165) is 64.2 Å². The molecule has 10 heteroatoms. The van der Waals surface area contributed by atoms with Crippen LogP contribution in [0.4, 0.5) is 4.39 Å². The molecule has 3 aliphatic rings. The van der Waals surface area contributed by atoms with Gasteiger partial charge in [-0.25, -0.2) is 9.40 Å². The maximum Gasteiger partial charge on any atom is 0.321 e. The van der Waals surface area contributed by atoms with Gasteiger partial charge in [-0.05, 0) is 54.2 Å². The van der Waals surface area contributed by atoms with Gasteiger partial charge in [0.05, 0.1) is 11.2 Å². The Bertz CT molecular complexity index is 1380. The summed E-state index contributed by atoms with van der Waals surface area (Å²) < 4.78 is 14.2. The number of benzene rings is 2. The predicted octanol–water partition coefficient (Wildman–Crippen LogP) is 3.02. The molecule has 4 heterocycles. The second-order valence-electron chi connectivity index (χ2n) is 9.47. The van der Waals surface area contributed by atoms with E-state index in [1.54, 1.807) is 0 Å². The van der Waals surface area contributed by atoms with E-state index in [0.29, 0.717) is 19.4 Å². The largest absolute Gasteiger partial charge is 0.505 e. The van der Waals surface area contributed by atoms with Crippen molar-refractivity contribution < 1.29 is 19.4 Å². The fourth-order valence-corrected chi connectivity index (χ4v) is 5.51. The number of phenols is 1. The summed E-state index contributed by atoms with van der Waals surface area (Å²) in [4.78, 5) is 11.7. The van der Waals surface area contributed by atoms with Crippen LogP contribution in [-0.2, 0) is 11.2 Å². The van der Waals surface area contributed by atoms with Crippen LogP contribution in [0.3, 0.4) is 0 Å². The number of H-pyrrole nitrogens is 1. The molecule has 1 aromatic heterocycles. The van der Waals surface area contributed by atoms with Crippen LogP contribution in [-0.4, -0.2) is 62.1 Å². The second kappa shape index (κ2) is 8.79. The lowest BCUT2D eigenvalue weighted by Crippen LogP contribution is -2.46. The summed E-state index contributed by atoms with van der Waals surface area (Å²) in [7, 11) is 0. The number of aromatic amines is 1. The number of halogens is 1. The molecule has 0 spiro atoms. The van der Waals surface area contributed by atoms with Crippen molar-refractivity contribution >= 4 is 16.9 Å². The van der Waals surface area contributed by atoms with Crippen LogP contribution < -0.4 is 10.6 Å². The first-order chi connectivity index (χ1) is 17.4. The molecule has 0 amide bonds. The number of nitrogens with zero attached hydrogens (tertiary/aromatic N) is 3. The molecule has 0 bridgehead atoms. The first kappa shape index (κ1) is 22.8. The van der Waals surface area contributed by atoms with E-state index in [1.165, 1.54) is 12.1 Å². The van der Waals surface area contributed by atoms with Crippen LogP contribution in [0.2, 0.25) is 0 Å². The average molecular weight is 492 g/mol. The average Bonchev–Trinajstić information content (AvgIpc) is 3.62. The van der Waals surface area contributed by atoms with Crippen molar-refractivity contribution in [3.05, 3.63) is 65.2 Å². The molecule has 1 fully saturated rings. The zero-order valence-electron chi connectivity index (χ0n) is 19.9. The highest BCUT2D eigenvalue weighted by Gasteiger charge is 2.42. The monoisotopic (exact) mass is 491 g/mol. The third kappa shape index (κ3) is 3.68. The number of carbonyl (C=O) groups is 1. The number of carboxylic acid groups (broad SMARTS) is 1. The first-order valence-electron chi connectivity index (χ1n) is 12.2. The number of phenolic OH excluding ortho intramolecular Hbond substituents is 1. The Hall–Kier alpha value is -3.63.